The molecule has 7 heteroatoms. The van der Waals surface area contributed by atoms with Crippen molar-refractivity contribution in [2.45, 2.75) is 45.8 Å². The van der Waals surface area contributed by atoms with Crippen LogP contribution in [-0.2, 0) is 28.6 Å². The number of rotatable bonds is 5. The fourth-order valence-electron chi connectivity index (χ4n) is 4.82. The predicted molar refractivity (Wildman–Crippen MR) is 103 cm³/mol. The van der Waals surface area contributed by atoms with Gasteiger partial charge in [-0.1, -0.05) is 18.2 Å². The summed E-state index contributed by atoms with van der Waals surface area (Å²) in [5.41, 5.74) is 1.75. The predicted octanol–water partition coefficient (Wildman–Crippen LogP) is 2.10. The van der Waals surface area contributed by atoms with Gasteiger partial charge in [0.15, 0.2) is 0 Å². The van der Waals surface area contributed by atoms with Crippen LogP contribution >= 0.6 is 0 Å². The molecule has 1 saturated carbocycles. The summed E-state index contributed by atoms with van der Waals surface area (Å²) in [7, 11) is 0. The molecule has 0 bridgehead atoms. The monoisotopic (exact) mass is 404 g/mol. The molecule has 0 unspecified atom stereocenters. The largest absolute Gasteiger partial charge is 0.462 e. The fraction of sp³-hybridized carbons (Fsp3) is 0.591. The summed E-state index contributed by atoms with van der Waals surface area (Å²) in [6.45, 7) is 8.74. The maximum atomic E-state index is 12.6. The Kier molecular flexibility index (Phi) is 6.27. The van der Waals surface area contributed by atoms with Gasteiger partial charge in [-0.25, -0.2) is 9.59 Å². The van der Waals surface area contributed by atoms with E-state index >= 15 is 0 Å². The van der Waals surface area contributed by atoms with Crippen molar-refractivity contribution in [1.82, 2.24) is 0 Å². The Morgan fingerprint density at radius 3 is 2.72 bits per heavy atom. The number of ether oxygens (including phenoxy) is 3. The zero-order valence-corrected chi connectivity index (χ0v) is 17.1. The molecule has 3 aliphatic rings. The molecule has 3 rings (SSSR count). The van der Waals surface area contributed by atoms with E-state index in [4.69, 9.17) is 14.2 Å². The maximum Gasteiger partial charge on any atom is 0.334 e. The van der Waals surface area contributed by atoms with E-state index in [2.05, 4.69) is 12.7 Å². The van der Waals surface area contributed by atoms with Crippen molar-refractivity contribution in [1.29, 1.82) is 0 Å². The van der Waals surface area contributed by atoms with Gasteiger partial charge >= 0.3 is 17.9 Å². The van der Waals surface area contributed by atoms with E-state index < -0.39 is 36.0 Å². The lowest BCUT2D eigenvalue weighted by molar-refractivity contribution is -0.149. The average molecular weight is 404 g/mol. The van der Waals surface area contributed by atoms with Gasteiger partial charge in [0.05, 0.1) is 5.92 Å². The van der Waals surface area contributed by atoms with Gasteiger partial charge < -0.3 is 19.3 Å². The highest BCUT2D eigenvalue weighted by molar-refractivity contribution is 5.91. The third kappa shape index (κ3) is 4.15. The van der Waals surface area contributed by atoms with E-state index in [0.717, 1.165) is 12.0 Å². The van der Waals surface area contributed by atoms with Gasteiger partial charge in [-0.3, -0.25) is 4.79 Å². The summed E-state index contributed by atoms with van der Waals surface area (Å²) < 4.78 is 16.3. The van der Waals surface area contributed by atoms with Gasteiger partial charge in [-0.15, -0.1) is 0 Å². The van der Waals surface area contributed by atoms with Crippen LogP contribution in [-0.4, -0.2) is 48.4 Å². The lowest BCUT2D eigenvalue weighted by Gasteiger charge is -2.29. The summed E-state index contributed by atoms with van der Waals surface area (Å²) in [5, 5.41) is 10.0. The van der Waals surface area contributed by atoms with Crippen LogP contribution in [0.1, 0.15) is 33.6 Å². The van der Waals surface area contributed by atoms with Gasteiger partial charge in [0, 0.05) is 30.6 Å². The first-order chi connectivity index (χ1) is 13.7. The average Bonchev–Trinajstić information content (AvgIpc) is 3.13. The summed E-state index contributed by atoms with van der Waals surface area (Å²) in [6.07, 6.45) is 3.78. The van der Waals surface area contributed by atoms with E-state index in [-0.39, 0.29) is 31.0 Å². The Hall–Kier alpha value is -2.41. The van der Waals surface area contributed by atoms with Crippen molar-refractivity contribution in [3.8, 4) is 0 Å². The van der Waals surface area contributed by atoms with Crippen molar-refractivity contribution in [2.24, 2.45) is 23.7 Å². The quantitative estimate of drug-likeness (QED) is 0.324. The summed E-state index contributed by atoms with van der Waals surface area (Å²) in [4.78, 5) is 35.8. The number of aliphatic hydroxyl groups is 1. The SMILES string of the molecule is C=C1C(=O)O[C@@H]2[C@H]3C(C)=CC[C@H]3[C@@H](CO)C[C@@H](OC(=O)/C(C)=C/COC(C)=O)[C@@H]12. The number of allylic oxidation sites excluding steroid dienone is 1. The highest BCUT2D eigenvalue weighted by Gasteiger charge is 2.55. The molecule has 1 saturated heterocycles. The second-order valence-corrected chi connectivity index (χ2v) is 8.11. The highest BCUT2D eigenvalue weighted by atomic mass is 16.6. The molecular weight excluding hydrogens is 376 g/mol. The van der Waals surface area contributed by atoms with E-state index in [1.165, 1.54) is 13.0 Å². The van der Waals surface area contributed by atoms with Crippen LogP contribution in [0.5, 0.6) is 0 Å². The number of carbonyl (C=O) groups excluding carboxylic acids is 3. The number of aliphatic hydroxyl groups excluding tert-OH is 1. The maximum absolute atomic E-state index is 12.6. The van der Waals surface area contributed by atoms with E-state index in [9.17, 15) is 19.5 Å². The first-order valence-electron chi connectivity index (χ1n) is 9.93. The molecule has 2 aliphatic carbocycles. The molecule has 0 aromatic heterocycles. The molecule has 1 aliphatic heterocycles. The molecule has 158 valence electrons. The van der Waals surface area contributed by atoms with Crippen LogP contribution in [0.3, 0.4) is 0 Å². The summed E-state index contributed by atoms with van der Waals surface area (Å²) >= 11 is 0. The van der Waals surface area contributed by atoms with Gasteiger partial charge in [-0.2, -0.15) is 0 Å². The lowest BCUT2D eigenvalue weighted by atomic mass is 9.78. The minimum absolute atomic E-state index is 0.00958. The lowest BCUT2D eigenvalue weighted by Crippen LogP contribution is -2.36. The number of hydrogen-bond acceptors (Lipinski definition) is 7. The first-order valence-corrected chi connectivity index (χ1v) is 9.93. The molecule has 0 amide bonds. The van der Waals surface area contributed by atoms with E-state index in [1.54, 1.807) is 6.92 Å². The molecular formula is C22H28O7. The van der Waals surface area contributed by atoms with Gasteiger partial charge in [0.25, 0.3) is 0 Å². The molecule has 1 N–H and O–H groups in total. The molecule has 1 heterocycles. The standard InChI is InChI=1S/C22H28O7/c1-11-5-6-16-15(10-23)9-17(19-13(3)22(26)29-20(19)18(11)16)28-21(25)12(2)7-8-27-14(4)24/h5,7,15-20,23H,3,6,8-10H2,1-2,4H3/b12-7+/t15-,16+,17-,18+,19-,20-/m1/s1. The highest BCUT2D eigenvalue weighted by Crippen LogP contribution is 2.51. The Morgan fingerprint density at radius 2 is 2.07 bits per heavy atom. The molecule has 0 aromatic rings. The van der Waals surface area contributed by atoms with Crippen LogP contribution < -0.4 is 0 Å². The molecule has 0 radical (unpaired) electrons. The molecule has 0 aromatic carbocycles. The van der Waals surface area contributed by atoms with Crippen LogP contribution in [0.15, 0.2) is 35.5 Å². The zero-order valence-electron chi connectivity index (χ0n) is 17.1. The van der Waals surface area contributed by atoms with Crippen molar-refractivity contribution in [2.75, 3.05) is 13.2 Å². The van der Waals surface area contributed by atoms with Crippen molar-refractivity contribution < 1.29 is 33.7 Å². The van der Waals surface area contributed by atoms with E-state index in [0.29, 0.717) is 17.6 Å². The van der Waals surface area contributed by atoms with Gasteiger partial charge in [0.1, 0.15) is 18.8 Å². The first kappa shape index (κ1) is 21.3. The number of fused-ring (bicyclic) bond motifs is 3. The molecule has 6 atom stereocenters. The third-order valence-corrected chi connectivity index (χ3v) is 6.35. The Bertz CT molecular complexity index is 778. The van der Waals surface area contributed by atoms with Crippen LogP contribution in [0.25, 0.3) is 0 Å². The van der Waals surface area contributed by atoms with Crippen LogP contribution in [0.4, 0.5) is 0 Å². The zero-order chi connectivity index (χ0) is 21.3. The third-order valence-electron chi connectivity index (χ3n) is 6.35. The Balaban J connectivity index is 1.84. The topological polar surface area (TPSA) is 99.1 Å². The summed E-state index contributed by atoms with van der Waals surface area (Å²) in [6, 6.07) is 0. The summed E-state index contributed by atoms with van der Waals surface area (Å²) in [5.74, 6) is -1.84. The van der Waals surface area contributed by atoms with Crippen molar-refractivity contribution in [3.05, 3.63) is 35.5 Å². The Labute approximate surface area is 170 Å². The van der Waals surface area contributed by atoms with Crippen LogP contribution in [0, 0.1) is 23.7 Å². The minimum Gasteiger partial charge on any atom is -0.462 e. The normalized spacial score (nSPS) is 33.9. The minimum atomic E-state index is -0.626. The van der Waals surface area contributed by atoms with E-state index in [1.807, 2.05) is 6.92 Å². The molecule has 0 spiro atoms. The second-order valence-electron chi connectivity index (χ2n) is 8.11. The van der Waals surface area contributed by atoms with Crippen LogP contribution in [0.2, 0.25) is 0 Å². The molecule has 29 heavy (non-hydrogen) atoms. The molecule has 2 fully saturated rings. The second kappa shape index (κ2) is 8.53. The number of hydrogen-bond donors (Lipinski definition) is 1. The number of carbonyl (C=O) groups is 3. The molecule has 7 nitrogen and oxygen atoms in total. The Morgan fingerprint density at radius 1 is 1.34 bits per heavy atom. The van der Waals surface area contributed by atoms with Gasteiger partial charge in [0.2, 0.25) is 0 Å². The van der Waals surface area contributed by atoms with Gasteiger partial charge in [-0.05, 0) is 44.6 Å². The van der Waals surface area contributed by atoms with Crippen molar-refractivity contribution >= 4 is 17.9 Å². The smallest absolute Gasteiger partial charge is 0.334 e. The van der Waals surface area contributed by atoms with Crippen molar-refractivity contribution in [3.63, 3.8) is 0 Å². The fourth-order valence-corrected chi connectivity index (χ4v) is 4.82. The number of esters is 3.